The quantitative estimate of drug-likeness (QED) is 0.543. The Labute approximate surface area is 176 Å². The fraction of sp³-hybridized carbons (Fsp3) is 0.300. The van der Waals surface area contributed by atoms with Gasteiger partial charge < -0.3 is 25.4 Å². The molecule has 10 nitrogen and oxygen atoms in total. The zero-order valence-corrected chi connectivity index (χ0v) is 16.4. The fourth-order valence-corrected chi connectivity index (χ4v) is 3.07. The largest absolute Gasteiger partial charge is 0.493 e. The highest BCUT2D eigenvalue weighted by Gasteiger charge is 2.30. The molecule has 0 aliphatic heterocycles. The van der Waals surface area contributed by atoms with Crippen LogP contribution in [0.4, 0.5) is 17.2 Å². The van der Waals surface area contributed by atoms with Crippen molar-refractivity contribution >= 4 is 34.5 Å². The van der Waals surface area contributed by atoms with Crippen LogP contribution in [0.2, 0.25) is 0 Å². The van der Waals surface area contributed by atoms with Crippen LogP contribution in [-0.4, -0.2) is 47.6 Å². The van der Waals surface area contributed by atoms with Crippen LogP contribution in [0.5, 0.6) is 11.5 Å². The summed E-state index contributed by atoms with van der Waals surface area (Å²) in [5.74, 6) is 0.0287. The van der Waals surface area contributed by atoms with Crippen LogP contribution in [0.15, 0.2) is 30.7 Å². The molecule has 1 aliphatic carbocycles. The number of pyridine rings is 2. The van der Waals surface area contributed by atoms with Crippen molar-refractivity contribution in [3.63, 3.8) is 0 Å². The molecule has 0 saturated heterocycles. The minimum absolute atomic E-state index is 0.0297. The first-order chi connectivity index (χ1) is 15.7. The summed E-state index contributed by atoms with van der Waals surface area (Å²) in [5.41, 5.74) is 1.20. The van der Waals surface area contributed by atoms with Crippen LogP contribution < -0.4 is 25.4 Å². The molecule has 4 rings (SSSR count). The molecule has 30 heavy (non-hydrogen) atoms. The Bertz CT molecular complexity index is 1220. The van der Waals surface area contributed by atoms with Crippen LogP contribution in [0, 0.1) is 5.92 Å². The summed E-state index contributed by atoms with van der Waals surface area (Å²) in [7, 11) is 2.98. The molecule has 1 saturated carbocycles. The van der Waals surface area contributed by atoms with E-state index in [4.69, 9.17) is 13.6 Å². The van der Waals surface area contributed by atoms with Gasteiger partial charge in [-0.1, -0.05) is 0 Å². The highest BCUT2D eigenvalue weighted by molar-refractivity contribution is 6.01. The van der Waals surface area contributed by atoms with Gasteiger partial charge in [-0.3, -0.25) is 9.59 Å². The van der Waals surface area contributed by atoms with Crippen molar-refractivity contribution in [3.05, 3.63) is 36.3 Å². The van der Waals surface area contributed by atoms with Crippen LogP contribution in [0.3, 0.4) is 0 Å². The molecule has 2 amide bonds. The Hall–Kier alpha value is -3.82. The van der Waals surface area contributed by atoms with Gasteiger partial charge in [0.05, 0.1) is 37.4 Å². The van der Waals surface area contributed by atoms with E-state index >= 15 is 0 Å². The molecular weight excluding hydrogens is 388 g/mol. The lowest BCUT2D eigenvalue weighted by Crippen LogP contribution is -2.20. The van der Waals surface area contributed by atoms with Crippen LogP contribution in [-0.2, 0) is 4.79 Å². The van der Waals surface area contributed by atoms with Gasteiger partial charge in [-0.25, -0.2) is 9.50 Å². The first kappa shape index (κ1) is 16.0. The van der Waals surface area contributed by atoms with Gasteiger partial charge in [0.25, 0.3) is 5.91 Å². The number of anilines is 3. The molecule has 0 aromatic carbocycles. The van der Waals surface area contributed by atoms with Crippen LogP contribution >= 0.6 is 0 Å². The van der Waals surface area contributed by atoms with Gasteiger partial charge in [-0.15, -0.1) is 0 Å². The Balaban J connectivity index is 1.75. The second-order valence-electron chi connectivity index (χ2n) is 6.73. The maximum Gasteiger partial charge on any atom is 0.254 e. The maximum atomic E-state index is 12.6. The Kier molecular flexibility index (Phi) is 4.22. The fourth-order valence-electron chi connectivity index (χ4n) is 3.07. The summed E-state index contributed by atoms with van der Waals surface area (Å²) in [6.45, 7) is -2.69. The molecule has 1 aliphatic rings. The summed E-state index contributed by atoms with van der Waals surface area (Å²) >= 11 is 0. The number of nitrogens with one attached hydrogen (secondary N) is 3. The standard InChI is InChI=1S/C20H22N6O4/c1-21-20(28)12-9-22-16(25-19(27)11-4-5-11)8-14(12)24-13-6-7-26-17(18(13)30-3)15(29-2)10-23-26/h6-11H,4-5H2,1-3H3,(H,21,28)(H2,22,24,25,27)/i1D3. The Morgan fingerprint density at radius 1 is 1.23 bits per heavy atom. The smallest absolute Gasteiger partial charge is 0.254 e. The van der Waals surface area contributed by atoms with E-state index in [1.807, 2.05) is 5.32 Å². The molecule has 0 atom stereocenters. The van der Waals surface area contributed by atoms with Gasteiger partial charge in [0.2, 0.25) is 5.91 Å². The number of nitrogens with zero attached hydrogens (tertiary/aromatic N) is 3. The highest BCUT2D eigenvalue weighted by Crippen LogP contribution is 2.37. The molecule has 0 spiro atoms. The van der Waals surface area contributed by atoms with Gasteiger partial charge >= 0.3 is 0 Å². The second-order valence-corrected chi connectivity index (χ2v) is 6.73. The summed E-state index contributed by atoms with van der Waals surface area (Å²) in [4.78, 5) is 28.9. The third-order valence-corrected chi connectivity index (χ3v) is 4.76. The van der Waals surface area contributed by atoms with E-state index in [2.05, 4.69) is 20.7 Å². The van der Waals surface area contributed by atoms with Gasteiger partial charge in [-0.05, 0) is 18.9 Å². The third kappa shape index (κ3) is 3.59. The molecule has 3 N–H and O–H groups in total. The minimum Gasteiger partial charge on any atom is -0.493 e. The van der Waals surface area contributed by atoms with E-state index in [1.165, 1.54) is 32.7 Å². The number of hydrogen-bond acceptors (Lipinski definition) is 7. The second kappa shape index (κ2) is 7.90. The number of rotatable bonds is 7. The molecule has 0 unspecified atom stereocenters. The average molecular weight is 413 g/mol. The van der Waals surface area contributed by atoms with Crippen LogP contribution in [0.1, 0.15) is 27.3 Å². The predicted octanol–water partition coefficient (Wildman–Crippen LogP) is 2.20. The summed E-state index contributed by atoms with van der Waals surface area (Å²) in [6, 6.07) is 3.14. The van der Waals surface area contributed by atoms with Crippen molar-refractivity contribution in [1.29, 1.82) is 0 Å². The number of ether oxygens (including phenoxy) is 2. The number of methoxy groups -OCH3 is 2. The summed E-state index contributed by atoms with van der Waals surface area (Å²) < 4.78 is 34.5. The lowest BCUT2D eigenvalue weighted by atomic mass is 10.2. The number of carbonyl (C=O) groups excluding carboxylic acids is 2. The van der Waals surface area contributed by atoms with E-state index in [0.29, 0.717) is 22.7 Å². The Morgan fingerprint density at radius 2 is 2.07 bits per heavy atom. The minimum atomic E-state index is -2.69. The molecule has 156 valence electrons. The third-order valence-electron chi connectivity index (χ3n) is 4.76. The zero-order chi connectivity index (χ0) is 23.8. The molecule has 0 radical (unpaired) electrons. The number of aromatic nitrogens is 3. The first-order valence-corrected chi connectivity index (χ1v) is 9.19. The number of hydrogen-bond donors (Lipinski definition) is 3. The molecule has 10 heteroatoms. The van der Waals surface area contributed by atoms with Gasteiger partial charge in [0, 0.05) is 35.5 Å². The average Bonchev–Trinajstić information content (AvgIpc) is 3.52. The van der Waals surface area contributed by atoms with Gasteiger partial charge in [0.1, 0.15) is 5.82 Å². The maximum absolute atomic E-state index is 12.6. The lowest BCUT2D eigenvalue weighted by molar-refractivity contribution is -0.117. The van der Waals surface area contributed by atoms with E-state index in [-0.39, 0.29) is 28.9 Å². The van der Waals surface area contributed by atoms with Crippen molar-refractivity contribution in [2.75, 3.05) is 31.8 Å². The van der Waals surface area contributed by atoms with Gasteiger partial charge in [0.15, 0.2) is 17.0 Å². The molecule has 0 bridgehead atoms. The SMILES string of the molecule is [2H]C([2H])([2H])NC(=O)c1cnc(NC(=O)C2CC2)cc1Nc1ccn2ncc(OC)c2c1OC. The topological polar surface area (TPSA) is 119 Å². The van der Waals surface area contributed by atoms with E-state index in [9.17, 15) is 9.59 Å². The van der Waals surface area contributed by atoms with Crippen molar-refractivity contribution in [3.8, 4) is 11.5 Å². The molecule has 1 fully saturated rings. The first-order valence-electron chi connectivity index (χ1n) is 10.7. The van der Waals surface area contributed by atoms with E-state index in [0.717, 1.165) is 12.8 Å². The number of carbonyl (C=O) groups is 2. The van der Waals surface area contributed by atoms with E-state index in [1.54, 1.807) is 16.8 Å². The van der Waals surface area contributed by atoms with Crippen molar-refractivity contribution < 1.29 is 23.2 Å². The normalized spacial score (nSPS) is 14.9. The number of fused-ring (bicyclic) bond motifs is 1. The van der Waals surface area contributed by atoms with Crippen molar-refractivity contribution in [2.24, 2.45) is 5.92 Å². The van der Waals surface area contributed by atoms with Crippen molar-refractivity contribution in [2.45, 2.75) is 12.8 Å². The molecular formula is C20H22N6O4. The Morgan fingerprint density at radius 3 is 2.77 bits per heavy atom. The van der Waals surface area contributed by atoms with Crippen molar-refractivity contribution in [1.82, 2.24) is 19.9 Å². The predicted molar refractivity (Wildman–Crippen MR) is 111 cm³/mol. The number of amides is 2. The molecule has 3 aromatic heterocycles. The monoisotopic (exact) mass is 413 g/mol. The van der Waals surface area contributed by atoms with Crippen LogP contribution in [0.25, 0.3) is 5.52 Å². The van der Waals surface area contributed by atoms with Gasteiger partial charge in [-0.2, -0.15) is 5.10 Å². The highest BCUT2D eigenvalue weighted by atomic mass is 16.5. The zero-order valence-electron chi connectivity index (χ0n) is 19.4. The summed E-state index contributed by atoms with van der Waals surface area (Å²) in [6.07, 6.45) is 6.05. The molecule has 3 aromatic rings. The molecule has 3 heterocycles. The summed E-state index contributed by atoms with van der Waals surface area (Å²) in [5, 5.41) is 12.0. The van der Waals surface area contributed by atoms with E-state index < -0.39 is 12.9 Å². The lowest BCUT2D eigenvalue weighted by Gasteiger charge is -2.16.